The van der Waals surface area contributed by atoms with Gasteiger partial charge in [-0.1, -0.05) is 18.2 Å². The normalized spacial score (nSPS) is 12.7. The SMILES string of the molecule is O=C(O)C(NOCCS)c1c[nH]c2ccccc12. The second-order valence-electron chi connectivity index (χ2n) is 3.75. The molecule has 0 amide bonds. The minimum atomic E-state index is -0.987. The van der Waals surface area contributed by atoms with E-state index in [9.17, 15) is 9.90 Å². The van der Waals surface area contributed by atoms with Gasteiger partial charge in [0.2, 0.25) is 0 Å². The van der Waals surface area contributed by atoms with Gasteiger partial charge >= 0.3 is 5.97 Å². The molecule has 3 N–H and O–H groups in total. The number of carboxylic acid groups (broad SMARTS) is 1. The number of carbonyl (C=O) groups is 1. The summed E-state index contributed by atoms with van der Waals surface area (Å²) < 4.78 is 0. The Hall–Kier alpha value is -1.50. The lowest BCUT2D eigenvalue weighted by molar-refractivity contribution is -0.144. The van der Waals surface area contributed by atoms with Gasteiger partial charge in [-0.2, -0.15) is 18.1 Å². The van der Waals surface area contributed by atoms with E-state index in [0.29, 0.717) is 17.9 Å². The van der Waals surface area contributed by atoms with E-state index in [4.69, 9.17) is 4.84 Å². The molecule has 2 rings (SSSR count). The number of thiol groups is 1. The predicted molar refractivity (Wildman–Crippen MR) is 71.6 cm³/mol. The van der Waals surface area contributed by atoms with Crippen LogP contribution < -0.4 is 5.48 Å². The number of hydrogen-bond donors (Lipinski definition) is 4. The van der Waals surface area contributed by atoms with Gasteiger partial charge in [0.25, 0.3) is 0 Å². The van der Waals surface area contributed by atoms with Crippen LogP contribution in [0.5, 0.6) is 0 Å². The van der Waals surface area contributed by atoms with Crippen molar-refractivity contribution in [1.29, 1.82) is 0 Å². The molecule has 18 heavy (non-hydrogen) atoms. The standard InChI is InChI=1S/C12H14N2O3S/c15-12(16)11(14-17-5-6-18)9-7-13-10-4-2-1-3-8(9)10/h1-4,7,11,13-14,18H,5-6H2,(H,15,16). The van der Waals surface area contributed by atoms with Crippen LogP contribution in [-0.2, 0) is 9.63 Å². The van der Waals surface area contributed by atoms with Gasteiger partial charge in [-0.3, -0.25) is 9.63 Å². The summed E-state index contributed by atoms with van der Waals surface area (Å²) in [5, 5.41) is 10.1. The summed E-state index contributed by atoms with van der Waals surface area (Å²) in [6.07, 6.45) is 1.68. The molecular weight excluding hydrogens is 252 g/mol. The van der Waals surface area contributed by atoms with Gasteiger partial charge in [-0.25, -0.2) is 0 Å². The number of rotatable bonds is 6. The number of H-pyrrole nitrogens is 1. The topological polar surface area (TPSA) is 74.3 Å². The number of para-hydroxylation sites is 1. The molecule has 1 aromatic heterocycles. The second kappa shape index (κ2) is 5.90. The smallest absolute Gasteiger partial charge is 0.327 e. The van der Waals surface area contributed by atoms with Crippen molar-refractivity contribution in [3.05, 3.63) is 36.0 Å². The molecule has 6 heteroatoms. The molecule has 1 aromatic carbocycles. The first-order chi connectivity index (χ1) is 8.74. The third-order valence-electron chi connectivity index (χ3n) is 2.57. The fraction of sp³-hybridized carbons (Fsp3) is 0.250. The third kappa shape index (κ3) is 2.66. The minimum Gasteiger partial charge on any atom is -0.480 e. The zero-order chi connectivity index (χ0) is 13.0. The highest BCUT2D eigenvalue weighted by Gasteiger charge is 2.22. The molecule has 0 radical (unpaired) electrons. The number of carboxylic acids is 1. The molecular formula is C12H14N2O3S. The van der Waals surface area contributed by atoms with Crippen LogP contribution in [0.1, 0.15) is 11.6 Å². The Balaban J connectivity index is 2.27. The van der Waals surface area contributed by atoms with Crippen LogP contribution in [0, 0.1) is 0 Å². The zero-order valence-corrected chi connectivity index (χ0v) is 10.5. The van der Waals surface area contributed by atoms with Gasteiger partial charge in [-0.15, -0.1) is 0 Å². The molecule has 0 aliphatic carbocycles. The maximum absolute atomic E-state index is 11.3. The maximum atomic E-state index is 11.3. The summed E-state index contributed by atoms with van der Waals surface area (Å²) in [7, 11) is 0. The van der Waals surface area contributed by atoms with Crippen molar-refractivity contribution >= 4 is 29.5 Å². The largest absolute Gasteiger partial charge is 0.480 e. The van der Waals surface area contributed by atoms with E-state index in [2.05, 4.69) is 23.1 Å². The average molecular weight is 266 g/mol. The lowest BCUT2D eigenvalue weighted by Crippen LogP contribution is -2.29. The fourth-order valence-corrected chi connectivity index (χ4v) is 1.86. The van der Waals surface area contributed by atoms with E-state index in [0.717, 1.165) is 10.9 Å². The summed E-state index contributed by atoms with van der Waals surface area (Å²) in [6.45, 7) is 0.343. The quantitative estimate of drug-likeness (QED) is 0.365. The maximum Gasteiger partial charge on any atom is 0.327 e. The van der Waals surface area contributed by atoms with Crippen LogP contribution >= 0.6 is 12.6 Å². The Morgan fingerprint density at radius 3 is 3.00 bits per heavy atom. The third-order valence-corrected chi connectivity index (χ3v) is 2.76. The molecule has 96 valence electrons. The van der Waals surface area contributed by atoms with Crippen molar-refractivity contribution in [2.75, 3.05) is 12.4 Å². The summed E-state index contributed by atoms with van der Waals surface area (Å²) >= 11 is 3.99. The molecule has 1 unspecified atom stereocenters. The van der Waals surface area contributed by atoms with E-state index in [1.807, 2.05) is 24.3 Å². The highest BCUT2D eigenvalue weighted by molar-refractivity contribution is 7.80. The Morgan fingerprint density at radius 1 is 1.50 bits per heavy atom. The summed E-state index contributed by atoms with van der Waals surface area (Å²) in [5.74, 6) is -0.466. The molecule has 1 heterocycles. The van der Waals surface area contributed by atoms with Crippen LogP contribution in [0.2, 0.25) is 0 Å². The molecule has 0 saturated heterocycles. The van der Waals surface area contributed by atoms with E-state index < -0.39 is 12.0 Å². The number of hydrogen-bond acceptors (Lipinski definition) is 4. The first kappa shape index (κ1) is 12.9. The van der Waals surface area contributed by atoms with Gasteiger partial charge in [0.05, 0.1) is 6.61 Å². The molecule has 2 aromatic rings. The van der Waals surface area contributed by atoms with Crippen LogP contribution in [0.15, 0.2) is 30.5 Å². The lowest BCUT2D eigenvalue weighted by Gasteiger charge is -2.13. The predicted octanol–water partition coefficient (Wildman–Crippen LogP) is 1.74. The van der Waals surface area contributed by atoms with Crippen LogP contribution in [0.25, 0.3) is 10.9 Å². The van der Waals surface area contributed by atoms with Crippen molar-refractivity contribution in [1.82, 2.24) is 10.5 Å². The fourth-order valence-electron chi connectivity index (χ4n) is 1.77. The molecule has 0 aliphatic heterocycles. The molecule has 0 fully saturated rings. The van der Waals surface area contributed by atoms with E-state index in [-0.39, 0.29) is 0 Å². The van der Waals surface area contributed by atoms with Gasteiger partial charge in [0.15, 0.2) is 6.04 Å². The lowest BCUT2D eigenvalue weighted by atomic mass is 10.1. The molecule has 0 bridgehead atoms. The van der Waals surface area contributed by atoms with Gasteiger partial charge in [-0.05, 0) is 6.07 Å². The minimum absolute atomic E-state index is 0.343. The van der Waals surface area contributed by atoms with Gasteiger partial charge in [0, 0.05) is 28.4 Å². The number of aromatic nitrogens is 1. The first-order valence-electron chi connectivity index (χ1n) is 5.51. The monoisotopic (exact) mass is 266 g/mol. The van der Waals surface area contributed by atoms with Crippen molar-refractivity contribution in [2.24, 2.45) is 0 Å². The Labute approximate surface area is 110 Å². The Morgan fingerprint density at radius 2 is 2.28 bits per heavy atom. The first-order valence-corrected chi connectivity index (χ1v) is 6.14. The second-order valence-corrected chi connectivity index (χ2v) is 4.20. The summed E-state index contributed by atoms with van der Waals surface area (Å²) in [5.41, 5.74) is 4.09. The Bertz CT molecular complexity index is 541. The van der Waals surface area contributed by atoms with Crippen molar-refractivity contribution < 1.29 is 14.7 Å². The molecule has 0 spiro atoms. The van der Waals surface area contributed by atoms with Crippen molar-refractivity contribution in [3.63, 3.8) is 0 Å². The van der Waals surface area contributed by atoms with E-state index >= 15 is 0 Å². The zero-order valence-electron chi connectivity index (χ0n) is 9.59. The molecule has 0 saturated carbocycles. The van der Waals surface area contributed by atoms with Crippen molar-refractivity contribution in [2.45, 2.75) is 6.04 Å². The van der Waals surface area contributed by atoms with Crippen LogP contribution in [0.4, 0.5) is 0 Å². The molecule has 1 atom stereocenters. The number of aliphatic carboxylic acids is 1. The van der Waals surface area contributed by atoms with Crippen LogP contribution in [0.3, 0.4) is 0 Å². The number of aromatic amines is 1. The number of hydroxylamine groups is 1. The molecule has 0 aliphatic rings. The number of nitrogens with one attached hydrogen (secondary N) is 2. The average Bonchev–Trinajstić information content (AvgIpc) is 2.78. The summed E-state index contributed by atoms with van der Waals surface area (Å²) in [4.78, 5) is 19.4. The summed E-state index contributed by atoms with van der Waals surface area (Å²) in [6, 6.07) is 6.63. The molecule has 5 nitrogen and oxygen atoms in total. The van der Waals surface area contributed by atoms with Crippen molar-refractivity contribution in [3.8, 4) is 0 Å². The van der Waals surface area contributed by atoms with E-state index in [1.54, 1.807) is 6.20 Å². The number of fused-ring (bicyclic) bond motifs is 1. The number of benzene rings is 1. The van der Waals surface area contributed by atoms with Gasteiger partial charge < -0.3 is 10.1 Å². The highest BCUT2D eigenvalue weighted by atomic mass is 32.1. The van der Waals surface area contributed by atoms with E-state index in [1.165, 1.54) is 0 Å². The Kier molecular flexibility index (Phi) is 4.24. The van der Waals surface area contributed by atoms with Gasteiger partial charge in [0.1, 0.15) is 0 Å². The highest BCUT2D eigenvalue weighted by Crippen LogP contribution is 2.24. The van der Waals surface area contributed by atoms with Crippen LogP contribution in [-0.4, -0.2) is 28.4 Å².